The number of methoxy groups -OCH3 is 1. The lowest BCUT2D eigenvalue weighted by molar-refractivity contribution is -0.136. The second-order valence-electron chi connectivity index (χ2n) is 5.84. The number of carboxylic acids is 1. The topological polar surface area (TPSA) is 65.0 Å². The third kappa shape index (κ3) is 5.71. The quantitative estimate of drug-likeness (QED) is 0.701. The molecule has 134 valence electrons. The van der Waals surface area contributed by atoms with Crippen molar-refractivity contribution in [3.8, 4) is 17.2 Å². The standard InChI is InChI=1S/C20H24O5/c1-14-4-5-15(2)18(12-14)24-10-11-25-19-13-16(7-9-20(21)22)6-8-17(19)23-3/h4-6,8,12-13H,7,9-11H2,1-3H3,(H,21,22). The highest BCUT2D eigenvalue weighted by Crippen LogP contribution is 2.28. The summed E-state index contributed by atoms with van der Waals surface area (Å²) in [4.78, 5) is 10.7. The molecule has 5 nitrogen and oxygen atoms in total. The van der Waals surface area contributed by atoms with Crippen LogP contribution in [0.4, 0.5) is 0 Å². The normalized spacial score (nSPS) is 10.4. The van der Waals surface area contributed by atoms with Crippen LogP contribution in [0.3, 0.4) is 0 Å². The smallest absolute Gasteiger partial charge is 0.303 e. The Bertz CT molecular complexity index is 724. The maximum absolute atomic E-state index is 10.7. The molecule has 5 heteroatoms. The third-order valence-electron chi connectivity index (χ3n) is 3.80. The Morgan fingerprint density at radius 3 is 2.36 bits per heavy atom. The van der Waals surface area contributed by atoms with E-state index >= 15 is 0 Å². The fraction of sp³-hybridized carbons (Fsp3) is 0.350. The lowest BCUT2D eigenvalue weighted by Crippen LogP contribution is -2.10. The van der Waals surface area contributed by atoms with Crippen molar-refractivity contribution >= 4 is 5.97 Å². The van der Waals surface area contributed by atoms with Gasteiger partial charge in [-0.25, -0.2) is 0 Å². The van der Waals surface area contributed by atoms with Crippen LogP contribution in [0.25, 0.3) is 0 Å². The molecule has 25 heavy (non-hydrogen) atoms. The van der Waals surface area contributed by atoms with Crippen molar-refractivity contribution in [1.82, 2.24) is 0 Å². The summed E-state index contributed by atoms with van der Waals surface area (Å²) in [7, 11) is 1.58. The number of rotatable bonds is 9. The first-order valence-corrected chi connectivity index (χ1v) is 8.21. The lowest BCUT2D eigenvalue weighted by Gasteiger charge is -2.14. The summed E-state index contributed by atoms with van der Waals surface area (Å²) in [5.74, 6) is 1.24. The molecule has 0 fully saturated rings. The highest BCUT2D eigenvalue weighted by Gasteiger charge is 2.08. The largest absolute Gasteiger partial charge is 0.493 e. The van der Waals surface area contributed by atoms with Crippen LogP contribution < -0.4 is 14.2 Å². The third-order valence-corrected chi connectivity index (χ3v) is 3.80. The number of carboxylic acid groups (broad SMARTS) is 1. The van der Waals surface area contributed by atoms with Crippen molar-refractivity contribution in [1.29, 1.82) is 0 Å². The van der Waals surface area contributed by atoms with Gasteiger partial charge < -0.3 is 19.3 Å². The summed E-state index contributed by atoms with van der Waals surface area (Å²) in [6, 6.07) is 11.5. The zero-order valence-corrected chi connectivity index (χ0v) is 14.9. The molecule has 2 aromatic carbocycles. The summed E-state index contributed by atoms with van der Waals surface area (Å²) in [6.07, 6.45) is 0.538. The van der Waals surface area contributed by atoms with Crippen LogP contribution in [0.1, 0.15) is 23.1 Å². The van der Waals surface area contributed by atoms with Gasteiger partial charge in [0.25, 0.3) is 0 Å². The Kier molecular flexibility index (Phi) is 6.69. The summed E-state index contributed by atoms with van der Waals surface area (Å²) < 4.78 is 16.8. The van der Waals surface area contributed by atoms with Gasteiger partial charge >= 0.3 is 5.97 Å². The van der Waals surface area contributed by atoms with Crippen LogP contribution in [-0.2, 0) is 11.2 Å². The van der Waals surface area contributed by atoms with Gasteiger partial charge in [-0.05, 0) is 55.2 Å². The fourth-order valence-electron chi connectivity index (χ4n) is 2.41. The van der Waals surface area contributed by atoms with Gasteiger partial charge in [0.05, 0.1) is 7.11 Å². The maximum Gasteiger partial charge on any atom is 0.303 e. The van der Waals surface area contributed by atoms with Gasteiger partial charge in [0, 0.05) is 6.42 Å². The van der Waals surface area contributed by atoms with E-state index in [1.54, 1.807) is 13.2 Å². The number of hydrogen-bond donors (Lipinski definition) is 1. The molecule has 0 aliphatic heterocycles. The minimum absolute atomic E-state index is 0.0848. The molecule has 0 saturated carbocycles. The van der Waals surface area contributed by atoms with Crippen LogP contribution in [0.2, 0.25) is 0 Å². The molecule has 0 aliphatic rings. The van der Waals surface area contributed by atoms with E-state index in [4.69, 9.17) is 19.3 Å². The molecule has 0 unspecified atom stereocenters. The van der Waals surface area contributed by atoms with Crippen LogP contribution >= 0.6 is 0 Å². The molecule has 2 aromatic rings. The number of aryl methyl sites for hydroxylation is 3. The zero-order valence-electron chi connectivity index (χ0n) is 14.9. The molecule has 0 atom stereocenters. The van der Waals surface area contributed by atoms with E-state index in [1.165, 1.54) is 0 Å². The van der Waals surface area contributed by atoms with Gasteiger partial charge in [0.15, 0.2) is 11.5 Å². The van der Waals surface area contributed by atoms with Crippen molar-refractivity contribution in [3.63, 3.8) is 0 Å². The van der Waals surface area contributed by atoms with E-state index in [0.717, 1.165) is 22.4 Å². The van der Waals surface area contributed by atoms with Crippen LogP contribution in [0.15, 0.2) is 36.4 Å². The molecule has 0 aliphatic carbocycles. The van der Waals surface area contributed by atoms with Gasteiger partial charge in [0.1, 0.15) is 19.0 Å². The Labute approximate surface area is 148 Å². The minimum atomic E-state index is -0.819. The predicted molar refractivity (Wildman–Crippen MR) is 95.9 cm³/mol. The predicted octanol–water partition coefficient (Wildman–Crippen LogP) is 3.79. The van der Waals surface area contributed by atoms with E-state index < -0.39 is 5.97 Å². The molecule has 0 spiro atoms. The molecule has 0 bridgehead atoms. The molecular weight excluding hydrogens is 320 g/mol. The number of aliphatic carboxylic acids is 1. The Balaban J connectivity index is 1.93. The van der Waals surface area contributed by atoms with Crippen molar-refractivity contribution in [2.75, 3.05) is 20.3 Å². The second kappa shape index (κ2) is 8.97. The maximum atomic E-state index is 10.7. The van der Waals surface area contributed by atoms with Crippen LogP contribution in [0, 0.1) is 13.8 Å². The van der Waals surface area contributed by atoms with Crippen LogP contribution in [0.5, 0.6) is 17.2 Å². The number of carbonyl (C=O) groups is 1. The zero-order chi connectivity index (χ0) is 18.2. The molecular formula is C20H24O5. The first kappa shape index (κ1) is 18.6. The van der Waals surface area contributed by atoms with Gasteiger partial charge in [-0.1, -0.05) is 18.2 Å². The molecule has 0 amide bonds. The van der Waals surface area contributed by atoms with Gasteiger partial charge in [0.2, 0.25) is 0 Å². The van der Waals surface area contributed by atoms with Gasteiger partial charge in [-0.15, -0.1) is 0 Å². The van der Waals surface area contributed by atoms with E-state index in [9.17, 15) is 4.79 Å². The van der Waals surface area contributed by atoms with E-state index in [0.29, 0.717) is 31.1 Å². The number of benzene rings is 2. The summed E-state index contributed by atoms with van der Waals surface area (Å²) in [5.41, 5.74) is 3.13. The number of hydrogen-bond acceptors (Lipinski definition) is 4. The van der Waals surface area contributed by atoms with Crippen molar-refractivity contribution < 1.29 is 24.1 Å². The number of ether oxygens (including phenoxy) is 3. The Morgan fingerprint density at radius 1 is 0.960 bits per heavy atom. The van der Waals surface area contributed by atoms with Gasteiger partial charge in [-0.2, -0.15) is 0 Å². The SMILES string of the molecule is COc1ccc(CCC(=O)O)cc1OCCOc1cc(C)ccc1C. The Morgan fingerprint density at radius 2 is 1.68 bits per heavy atom. The second-order valence-corrected chi connectivity index (χ2v) is 5.84. The molecule has 0 saturated heterocycles. The minimum Gasteiger partial charge on any atom is -0.493 e. The Hall–Kier alpha value is -2.69. The van der Waals surface area contributed by atoms with Crippen LogP contribution in [-0.4, -0.2) is 31.4 Å². The first-order chi connectivity index (χ1) is 12.0. The van der Waals surface area contributed by atoms with E-state index in [1.807, 2.05) is 44.2 Å². The van der Waals surface area contributed by atoms with Gasteiger partial charge in [-0.3, -0.25) is 4.79 Å². The summed E-state index contributed by atoms with van der Waals surface area (Å²) >= 11 is 0. The van der Waals surface area contributed by atoms with Crippen molar-refractivity contribution in [2.24, 2.45) is 0 Å². The van der Waals surface area contributed by atoms with Crippen molar-refractivity contribution in [3.05, 3.63) is 53.1 Å². The average molecular weight is 344 g/mol. The monoisotopic (exact) mass is 344 g/mol. The van der Waals surface area contributed by atoms with E-state index in [-0.39, 0.29) is 6.42 Å². The molecule has 0 heterocycles. The summed E-state index contributed by atoms with van der Waals surface area (Å²) in [6.45, 7) is 4.81. The van der Waals surface area contributed by atoms with Crippen molar-refractivity contribution in [2.45, 2.75) is 26.7 Å². The lowest BCUT2D eigenvalue weighted by atomic mass is 10.1. The van der Waals surface area contributed by atoms with E-state index in [2.05, 4.69) is 0 Å². The molecule has 1 N–H and O–H groups in total. The average Bonchev–Trinajstić information content (AvgIpc) is 2.59. The molecule has 2 rings (SSSR count). The first-order valence-electron chi connectivity index (χ1n) is 8.21. The highest BCUT2D eigenvalue weighted by molar-refractivity contribution is 5.67. The molecule has 0 aromatic heterocycles. The fourth-order valence-corrected chi connectivity index (χ4v) is 2.41. The molecule has 0 radical (unpaired) electrons. The summed E-state index contributed by atoms with van der Waals surface area (Å²) in [5, 5.41) is 8.80. The highest BCUT2D eigenvalue weighted by atomic mass is 16.5.